The third-order valence-electron chi connectivity index (χ3n) is 4.84. The Morgan fingerprint density at radius 1 is 1.23 bits per heavy atom. The van der Waals surface area contributed by atoms with Crippen molar-refractivity contribution in [3.8, 4) is 0 Å². The summed E-state index contributed by atoms with van der Waals surface area (Å²) in [6, 6.07) is 0. The third-order valence-corrected chi connectivity index (χ3v) is 4.84. The zero-order valence-electron chi connectivity index (χ0n) is 14.7. The van der Waals surface area contributed by atoms with E-state index in [9.17, 15) is 4.79 Å². The van der Waals surface area contributed by atoms with Crippen LogP contribution in [0.15, 0.2) is 0 Å². The topological polar surface area (TPSA) is 74.0 Å². The number of ether oxygens (including phenoxy) is 3. The average Bonchev–Trinajstić information content (AvgIpc) is 2.49. The van der Waals surface area contributed by atoms with E-state index in [1.165, 1.54) is 0 Å². The highest BCUT2D eigenvalue weighted by molar-refractivity contribution is 5.89. The smallest absolute Gasteiger partial charge is 0.243 e. The Kier molecular flexibility index (Phi) is 7.25. The van der Waals surface area contributed by atoms with Crippen LogP contribution in [0.25, 0.3) is 0 Å². The highest BCUT2D eigenvalue weighted by atomic mass is 16.5. The molecule has 0 aliphatic heterocycles. The Morgan fingerprint density at radius 3 is 2.36 bits per heavy atom. The summed E-state index contributed by atoms with van der Waals surface area (Å²) in [5, 5.41) is 0. The van der Waals surface area contributed by atoms with Gasteiger partial charge in [-0.3, -0.25) is 4.79 Å². The van der Waals surface area contributed by atoms with Crippen LogP contribution in [0.3, 0.4) is 0 Å². The van der Waals surface area contributed by atoms with Crippen LogP contribution in [-0.2, 0) is 19.0 Å². The predicted molar refractivity (Wildman–Crippen MR) is 85.7 cm³/mol. The van der Waals surface area contributed by atoms with Crippen LogP contribution in [0.4, 0.5) is 0 Å². The summed E-state index contributed by atoms with van der Waals surface area (Å²) in [7, 11) is 3.29. The molecule has 0 aromatic rings. The quantitative estimate of drug-likeness (QED) is 0.609. The fraction of sp³-hybridized carbons (Fsp3) is 0.938. The van der Waals surface area contributed by atoms with Crippen molar-refractivity contribution >= 4 is 5.91 Å². The Balaban J connectivity index is 2.75. The molecule has 0 saturated heterocycles. The number of nitrogens with two attached hydrogens (primary N) is 1. The van der Waals surface area contributed by atoms with Crippen molar-refractivity contribution in [2.24, 2.45) is 11.1 Å². The summed E-state index contributed by atoms with van der Waals surface area (Å²) in [4.78, 5) is 14.8. The van der Waals surface area contributed by atoms with Gasteiger partial charge in [-0.05, 0) is 13.3 Å². The first-order valence-corrected chi connectivity index (χ1v) is 8.02. The molecule has 6 nitrogen and oxygen atoms in total. The normalized spacial score (nSPS) is 26.5. The molecule has 2 atom stereocenters. The first-order chi connectivity index (χ1) is 10.3. The highest BCUT2D eigenvalue weighted by Gasteiger charge is 2.63. The molecule has 1 rings (SSSR count). The molecule has 22 heavy (non-hydrogen) atoms. The standard InChI is InChI=1S/C16H32N2O4/c1-6-22-13-12-16(17,15(13,2)3)14(19)18(9-11-21-5)8-7-10-20-4/h13H,6-12,17H2,1-5H3. The molecule has 0 radical (unpaired) electrons. The second kappa shape index (κ2) is 8.24. The molecule has 1 amide bonds. The minimum absolute atomic E-state index is 0.0124. The Morgan fingerprint density at radius 2 is 1.86 bits per heavy atom. The van der Waals surface area contributed by atoms with Gasteiger partial charge >= 0.3 is 0 Å². The number of carbonyl (C=O) groups excluding carboxylic acids is 1. The molecule has 1 aliphatic carbocycles. The lowest BCUT2D eigenvalue weighted by molar-refractivity contribution is -0.179. The minimum Gasteiger partial charge on any atom is -0.385 e. The highest BCUT2D eigenvalue weighted by Crippen LogP contribution is 2.50. The summed E-state index contributed by atoms with van der Waals surface area (Å²) < 4.78 is 15.9. The molecule has 6 heteroatoms. The van der Waals surface area contributed by atoms with Gasteiger partial charge in [0, 0.05) is 52.4 Å². The van der Waals surface area contributed by atoms with Gasteiger partial charge in [-0.1, -0.05) is 13.8 Å². The van der Waals surface area contributed by atoms with Crippen LogP contribution in [0.1, 0.15) is 33.6 Å². The summed E-state index contributed by atoms with van der Waals surface area (Å²) >= 11 is 0. The number of rotatable bonds is 10. The van der Waals surface area contributed by atoms with Crippen molar-refractivity contribution in [1.82, 2.24) is 4.90 Å². The summed E-state index contributed by atoms with van der Waals surface area (Å²) in [6.07, 6.45) is 1.40. The number of nitrogens with zero attached hydrogens (tertiary/aromatic N) is 1. The maximum Gasteiger partial charge on any atom is 0.243 e. The van der Waals surface area contributed by atoms with Crippen LogP contribution in [0.5, 0.6) is 0 Å². The molecule has 0 aromatic carbocycles. The van der Waals surface area contributed by atoms with Gasteiger partial charge in [0.25, 0.3) is 0 Å². The first kappa shape index (κ1) is 19.4. The van der Waals surface area contributed by atoms with Crippen molar-refractivity contribution in [2.75, 3.05) is 47.1 Å². The van der Waals surface area contributed by atoms with Gasteiger partial charge in [-0.25, -0.2) is 0 Å². The Labute approximate surface area is 134 Å². The van der Waals surface area contributed by atoms with Gasteiger partial charge < -0.3 is 24.8 Å². The zero-order chi connectivity index (χ0) is 16.8. The van der Waals surface area contributed by atoms with E-state index < -0.39 is 5.54 Å². The second-order valence-corrected chi connectivity index (χ2v) is 6.47. The molecule has 0 aromatic heterocycles. The fourth-order valence-corrected chi connectivity index (χ4v) is 3.00. The summed E-state index contributed by atoms with van der Waals surface area (Å²) in [5.41, 5.74) is 5.24. The molecule has 1 fully saturated rings. The van der Waals surface area contributed by atoms with Crippen LogP contribution in [0, 0.1) is 5.41 Å². The van der Waals surface area contributed by atoms with Crippen LogP contribution < -0.4 is 5.73 Å². The molecule has 2 N–H and O–H groups in total. The van der Waals surface area contributed by atoms with Crippen molar-refractivity contribution in [3.05, 3.63) is 0 Å². The van der Waals surface area contributed by atoms with E-state index in [-0.39, 0.29) is 17.4 Å². The van der Waals surface area contributed by atoms with Gasteiger partial charge in [-0.15, -0.1) is 0 Å². The number of methoxy groups -OCH3 is 2. The number of hydrogen-bond donors (Lipinski definition) is 1. The maximum absolute atomic E-state index is 13.0. The van der Waals surface area contributed by atoms with E-state index in [1.807, 2.05) is 20.8 Å². The predicted octanol–water partition coefficient (Wildman–Crippen LogP) is 1.03. The van der Waals surface area contributed by atoms with E-state index in [4.69, 9.17) is 19.9 Å². The Hall–Kier alpha value is -0.690. The third kappa shape index (κ3) is 3.79. The van der Waals surface area contributed by atoms with Crippen LogP contribution >= 0.6 is 0 Å². The van der Waals surface area contributed by atoms with Crippen LogP contribution in [0.2, 0.25) is 0 Å². The van der Waals surface area contributed by atoms with Crippen LogP contribution in [-0.4, -0.2) is 69.6 Å². The lowest BCUT2D eigenvalue weighted by atomic mass is 9.54. The van der Waals surface area contributed by atoms with Crippen molar-refractivity contribution in [2.45, 2.75) is 45.3 Å². The molecule has 2 unspecified atom stereocenters. The average molecular weight is 316 g/mol. The van der Waals surface area contributed by atoms with Gasteiger partial charge in [0.05, 0.1) is 12.7 Å². The van der Waals surface area contributed by atoms with Gasteiger partial charge in [0.2, 0.25) is 5.91 Å². The molecular formula is C16H32N2O4. The molecule has 0 spiro atoms. The van der Waals surface area contributed by atoms with E-state index in [0.717, 1.165) is 6.42 Å². The number of amides is 1. The lowest BCUT2D eigenvalue weighted by Gasteiger charge is -2.58. The zero-order valence-corrected chi connectivity index (χ0v) is 14.7. The molecule has 1 aliphatic rings. The van der Waals surface area contributed by atoms with E-state index in [0.29, 0.717) is 39.3 Å². The maximum atomic E-state index is 13.0. The summed E-state index contributed by atoms with van der Waals surface area (Å²) in [5.74, 6) is -0.0124. The monoisotopic (exact) mass is 316 g/mol. The van der Waals surface area contributed by atoms with Crippen molar-refractivity contribution < 1.29 is 19.0 Å². The first-order valence-electron chi connectivity index (χ1n) is 8.02. The molecular weight excluding hydrogens is 284 g/mol. The number of hydrogen-bond acceptors (Lipinski definition) is 5. The Bertz CT molecular complexity index is 362. The SMILES string of the molecule is CCOC1CC(N)(C(=O)N(CCCOC)CCOC)C1(C)C. The van der Waals surface area contributed by atoms with E-state index in [2.05, 4.69) is 0 Å². The largest absolute Gasteiger partial charge is 0.385 e. The molecule has 0 bridgehead atoms. The van der Waals surface area contributed by atoms with E-state index >= 15 is 0 Å². The van der Waals surface area contributed by atoms with Gasteiger partial charge in [-0.2, -0.15) is 0 Å². The van der Waals surface area contributed by atoms with Crippen molar-refractivity contribution in [3.63, 3.8) is 0 Å². The molecule has 0 heterocycles. The molecule has 1 saturated carbocycles. The van der Waals surface area contributed by atoms with E-state index in [1.54, 1.807) is 19.1 Å². The fourth-order valence-electron chi connectivity index (χ4n) is 3.00. The molecule has 130 valence electrons. The lowest BCUT2D eigenvalue weighted by Crippen LogP contribution is -2.76. The van der Waals surface area contributed by atoms with Gasteiger partial charge in [0.1, 0.15) is 5.54 Å². The number of carbonyl (C=O) groups is 1. The minimum atomic E-state index is -0.867. The van der Waals surface area contributed by atoms with Gasteiger partial charge in [0.15, 0.2) is 0 Å². The summed E-state index contributed by atoms with van der Waals surface area (Å²) in [6.45, 7) is 8.93. The second-order valence-electron chi connectivity index (χ2n) is 6.47. The van der Waals surface area contributed by atoms with Crippen molar-refractivity contribution in [1.29, 1.82) is 0 Å².